The van der Waals surface area contributed by atoms with Crippen molar-refractivity contribution in [1.29, 1.82) is 0 Å². The first-order valence-electron chi connectivity index (χ1n) is 11.2. The molecule has 1 aromatic heterocycles. The monoisotopic (exact) mass is 584 g/mol. The van der Waals surface area contributed by atoms with Crippen LogP contribution in [0.15, 0.2) is 30.3 Å². The highest BCUT2D eigenvalue weighted by Crippen LogP contribution is 2.49. The fourth-order valence-corrected chi connectivity index (χ4v) is 5.06. The maximum atomic E-state index is 14.4. The van der Waals surface area contributed by atoms with Crippen LogP contribution in [0.25, 0.3) is 0 Å². The fraction of sp³-hybridized carbons (Fsp3) is 0.435. The van der Waals surface area contributed by atoms with Crippen molar-refractivity contribution >= 4 is 40.8 Å². The number of amides is 2. The van der Waals surface area contributed by atoms with E-state index in [1.807, 2.05) is 0 Å². The number of carbonyl (C=O) groups excluding carboxylic acids is 2. The van der Waals surface area contributed by atoms with Gasteiger partial charge in [0.25, 0.3) is 11.8 Å². The van der Waals surface area contributed by atoms with Crippen LogP contribution in [0.5, 0.6) is 0 Å². The average molecular weight is 585 g/mol. The minimum atomic E-state index is -4.68. The summed E-state index contributed by atoms with van der Waals surface area (Å²) in [5.74, 6) is -1.66. The molecule has 1 N–H and O–H groups in total. The molecule has 0 spiro atoms. The van der Waals surface area contributed by atoms with Crippen LogP contribution in [-0.2, 0) is 15.0 Å². The molecule has 15 heteroatoms. The Hall–Kier alpha value is -2.77. The highest BCUT2D eigenvalue weighted by molar-refractivity contribution is 6.34. The number of aryl methyl sites for hydroxylation is 1. The van der Waals surface area contributed by atoms with E-state index in [-0.39, 0.29) is 50.7 Å². The summed E-state index contributed by atoms with van der Waals surface area (Å²) < 4.78 is 80.7. The van der Waals surface area contributed by atoms with Gasteiger partial charge in [0, 0.05) is 23.1 Å². The SMILES string of the molecule is Cc1nc(N2CCC(c3cc(Cl)cc(Cl)c3)(C(F)(F)F)C2)ccc1C(=O)NC1CON(CC(F)(F)F)C1=O. The van der Waals surface area contributed by atoms with Crippen LogP contribution in [0.2, 0.25) is 10.0 Å². The lowest BCUT2D eigenvalue weighted by Gasteiger charge is -2.33. The van der Waals surface area contributed by atoms with Gasteiger partial charge in [-0.05, 0) is 49.2 Å². The summed E-state index contributed by atoms with van der Waals surface area (Å²) in [6.45, 7) is -1.11. The van der Waals surface area contributed by atoms with E-state index in [1.165, 1.54) is 42.2 Å². The van der Waals surface area contributed by atoms with Crippen LogP contribution in [0.3, 0.4) is 0 Å². The largest absolute Gasteiger partial charge is 0.408 e. The maximum Gasteiger partial charge on any atom is 0.408 e. The van der Waals surface area contributed by atoms with Crippen molar-refractivity contribution in [2.45, 2.75) is 37.2 Å². The first-order chi connectivity index (χ1) is 17.6. The summed E-state index contributed by atoms with van der Waals surface area (Å²) in [6.07, 6.45) is -9.59. The third-order valence-corrected chi connectivity index (χ3v) is 6.87. The van der Waals surface area contributed by atoms with E-state index >= 15 is 0 Å². The van der Waals surface area contributed by atoms with Crippen molar-refractivity contribution in [2.75, 3.05) is 31.1 Å². The summed E-state index contributed by atoms with van der Waals surface area (Å²) in [4.78, 5) is 35.2. The molecule has 0 aliphatic carbocycles. The molecule has 4 rings (SSSR count). The van der Waals surface area contributed by atoms with Crippen molar-refractivity contribution in [3.05, 3.63) is 57.2 Å². The molecule has 0 saturated carbocycles. The second-order valence-corrected chi connectivity index (χ2v) is 9.90. The second kappa shape index (κ2) is 10.1. The van der Waals surface area contributed by atoms with E-state index in [1.54, 1.807) is 0 Å². The van der Waals surface area contributed by atoms with E-state index in [2.05, 4.69) is 10.3 Å². The van der Waals surface area contributed by atoms with Gasteiger partial charge in [0.15, 0.2) is 0 Å². The van der Waals surface area contributed by atoms with Gasteiger partial charge in [-0.3, -0.25) is 14.4 Å². The van der Waals surface area contributed by atoms with Gasteiger partial charge < -0.3 is 10.2 Å². The number of nitrogens with zero attached hydrogens (tertiary/aromatic N) is 3. The third kappa shape index (κ3) is 5.64. The van der Waals surface area contributed by atoms with Crippen molar-refractivity contribution in [2.24, 2.45) is 0 Å². The quantitative estimate of drug-likeness (QED) is 0.509. The van der Waals surface area contributed by atoms with Gasteiger partial charge in [-0.15, -0.1) is 0 Å². The number of rotatable bonds is 5. The summed E-state index contributed by atoms with van der Waals surface area (Å²) in [5.41, 5.74) is -2.17. The molecule has 2 amide bonds. The average Bonchev–Trinajstić information content (AvgIpc) is 3.38. The number of hydrogen-bond acceptors (Lipinski definition) is 5. The van der Waals surface area contributed by atoms with Crippen LogP contribution in [0, 0.1) is 6.92 Å². The number of alkyl halides is 6. The lowest BCUT2D eigenvalue weighted by atomic mass is 9.79. The zero-order valence-electron chi connectivity index (χ0n) is 19.6. The minimum Gasteiger partial charge on any atom is -0.355 e. The second-order valence-electron chi connectivity index (χ2n) is 9.02. The molecule has 0 radical (unpaired) electrons. The first kappa shape index (κ1) is 28.2. The summed E-state index contributed by atoms with van der Waals surface area (Å²) in [7, 11) is 0. The Labute approximate surface area is 222 Å². The predicted octanol–water partition coefficient (Wildman–Crippen LogP) is 4.84. The van der Waals surface area contributed by atoms with Crippen molar-refractivity contribution in [3.8, 4) is 0 Å². The summed E-state index contributed by atoms with van der Waals surface area (Å²) in [6, 6.07) is 5.17. The Morgan fingerprint density at radius 3 is 2.39 bits per heavy atom. The van der Waals surface area contributed by atoms with E-state index in [4.69, 9.17) is 28.0 Å². The molecule has 2 aliphatic rings. The molecule has 2 unspecified atom stereocenters. The van der Waals surface area contributed by atoms with E-state index in [0.29, 0.717) is 0 Å². The molecule has 2 atom stereocenters. The lowest BCUT2D eigenvalue weighted by Crippen LogP contribution is -2.45. The third-order valence-electron chi connectivity index (χ3n) is 6.44. The topological polar surface area (TPSA) is 74.8 Å². The van der Waals surface area contributed by atoms with Crippen LogP contribution in [0.4, 0.5) is 32.2 Å². The number of pyridine rings is 1. The Morgan fingerprint density at radius 1 is 1.16 bits per heavy atom. The van der Waals surface area contributed by atoms with Crippen LogP contribution < -0.4 is 10.2 Å². The lowest BCUT2D eigenvalue weighted by molar-refractivity contribution is -0.214. The molecule has 2 saturated heterocycles. The molecule has 3 heterocycles. The van der Waals surface area contributed by atoms with Crippen LogP contribution in [-0.4, -0.2) is 66.5 Å². The molecule has 2 aliphatic heterocycles. The zero-order valence-corrected chi connectivity index (χ0v) is 21.1. The van der Waals surface area contributed by atoms with Crippen molar-refractivity contribution in [1.82, 2.24) is 15.4 Å². The van der Waals surface area contributed by atoms with Gasteiger partial charge in [0.2, 0.25) is 0 Å². The van der Waals surface area contributed by atoms with Crippen LogP contribution >= 0.6 is 23.2 Å². The number of carbonyl (C=O) groups is 2. The Balaban J connectivity index is 1.50. The minimum absolute atomic E-state index is 0.00118. The number of halogens is 8. The van der Waals surface area contributed by atoms with Gasteiger partial charge in [-0.25, -0.2) is 10.0 Å². The molecule has 2 fully saturated rings. The molecule has 0 bridgehead atoms. The number of hydroxylamine groups is 2. The highest BCUT2D eigenvalue weighted by Gasteiger charge is 2.59. The number of anilines is 1. The fourth-order valence-electron chi connectivity index (χ4n) is 4.53. The van der Waals surface area contributed by atoms with Gasteiger partial charge in [-0.2, -0.15) is 26.3 Å². The Kier molecular flexibility index (Phi) is 7.49. The molecule has 7 nitrogen and oxygen atoms in total. The van der Waals surface area contributed by atoms with Crippen molar-refractivity contribution in [3.63, 3.8) is 0 Å². The van der Waals surface area contributed by atoms with Gasteiger partial charge in [0.05, 0.1) is 11.3 Å². The molecular formula is C23H20Cl2F6N4O3. The smallest absolute Gasteiger partial charge is 0.355 e. The van der Waals surface area contributed by atoms with Crippen LogP contribution in [0.1, 0.15) is 28.0 Å². The molecule has 1 aromatic carbocycles. The van der Waals surface area contributed by atoms with E-state index < -0.39 is 55.3 Å². The standard InChI is InChI=1S/C23H20Cl2F6N4O3/c1-12-16(19(36)33-17-9-38-35(20(17)37)11-22(26,27)28)2-3-18(32-12)34-5-4-21(10-34,23(29,30)31)13-6-14(24)8-15(25)7-13/h2-3,6-8,17H,4-5,9-11H2,1H3,(H,33,36). The highest BCUT2D eigenvalue weighted by atomic mass is 35.5. The van der Waals surface area contributed by atoms with E-state index in [0.717, 1.165) is 0 Å². The molecular weight excluding hydrogens is 565 g/mol. The number of hydrogen-bond donors (Lipinski definition) is 1. The number of nitrogens with one attached hydrogen (secondary N) is 1. The maximum absolute atomic E-state index is 14.4. The van der Waals surface area contributed by atoms with Gasteiger partial charge in [0.1, 0.15) is 30.4 Å². The van der Waals surface area contributed by atoms with Gasteiger partial charge in [-0.1, -0.05) is 23.2 Å². The number of aromatic nitrogens is 1. The Bertz CT molecular complexity index is 1240. The Morgan fingerprint density at radius 2 is 1.82 bits per heavy atom. The molecule has 38 heavy (non-hydrogen) atoms. The molecule has 206 valence electrons. The normalized spacial score (nSPS) is 22.3. The number of benzene rings is 1. The van der Waals surface area contributed by atoms with Crippen molar-refractivity contribution < 1.29 is 40.8 Å². The summed E-state index contributed by atoms with van der Waals surface area (Å²) >= 11 is 11.9. The molecule has 2 aromatic rings. The van der Waals surface area contributed by atoms with Gasteiger partial charge >= 0.3 is 12.4 Å². The summed E-state index contributed by atoms with van der Waals surface area (Å²) in [5, 5.41) is 2.59. The zero-order chi connectivity index (χ0) is 28.0. The predicted molar refractivity (Wildman–Crippen MR) is 125 cm³/mol. The van der Waals surface area contributed by atoms with E-state index in [9.17, 15) is 35.9 Å². The first-order valence-corrected chi connectivity index (χ1v) is 11.9.